The van der Waals surface area contributed by atoms with Gasteiger partial charge in [-0.05, 0) is 12.5 Å². The summed E-state index contributed by atoms with van der Waals surface area (Å²) in [6.07, 6.45) is 0. The fourth-order valence-corrected chi connectivity index (χ4v) is 3.07. The predicted octanol–water partition coefficient (Wildman–Crippen LogP) is 2.41. The molecule has 0 spiro atoms. The van der Waals surface area contributed by atoms with Gasteiger partial charge in [0.25, 0.3) is 11.7 Å². The smallest absolute Gasteiger partial charge is 0.295 e. The lowest BCUT2D eigenvalue weighted by Gasteiger charge is -2.24. The highest BCUT2D eigenvalue weighted by atomic mass is 16.3. The minimum absolute atomic E-state index is 0.0225. The third kappa shape index (κ3) is 3.06. The van der Waals surface area contributed by atoms with E-state index in [0.29, 0.717) is 5.56 Å². The average Bonchev–Trinajstić information content (AvgIpc) is 2.88. The molecule has 1 aliphatic rings. The van der Waals surface area contributed by atoms with Gasteiger partial charge in [-0.3, -0.25) is 9.59 Å². The maximum absolute atomic E-state index is 12.6. The van der Waals surface area contributed by atoms with E-state index in [4.69, 9.17) is 0 Å². The monoisotopic (exact) mass is 337 g/mol. The van der Waals surface area contributed by atoms with Crippen LogP contribution in [0.3, 0.4) is 0 Å². The number of rotatable bonds is 4. The van der Waals surface area contributed by atoms with E-state index < -0.39 is 17.7 Å². The lowest BCUT2D eigenvalue weighted by Crippen LogP contribution is -2.32. The van der Waals surface area contributed by atoms with E-state index in [-0.39, 0.29) is 24.5 Å². The molecule has 25 heavy (non-hydrogen) atoms. The number of aliphatic hydroxyl groups is 2. The predicted molar refractivity (Wildman–Crippen MR) is 93.7 cm³/mol. The first-order valence-electron chi connectivity index (χ1n) is 8.06. The molecule has 5 heteroatoms. The quantitative estimate of drug-likeness (QED) is 0.510. The molecular weight excluding hydrogens is 318 g/mol. The minimum atomic E-state index is -0.736. The number of benzene rings is 2. The van der Waals surface area contributed by atoms with Crippen LogP contribution in [0.4, 0.5) is 0 Å². The summed E-state index contributed by atoms with van der Waals surface area (Å²) in [6.45, 7) is 1.70. The van der Waals surface area contributed by atoms with Crippen LogP contribution in [0, 0.1) is 6.92 Å². The van der Waals surface area contributed by atoms with Crippen molar-refractivity contribution in [3.8, 4) is 0 Å². The molecule has 1 heterocycles. The second-order valence-corrected chi connectivity index (χ2v) is 5.99. The lowest BCUT2D eigenvalue weighted by molar-refractivity contribution is -0.140. The molecule has 1 aliphatic heterocycles. The lowest BCUT2D eigenvalue weighted by atomic mass is 9.95. The first-order valence-corrected chi connectivity index (χ1v) is 8.06. The Morgan fingerprint density at radius 1 is 1.04 bits per heavy atom. The number of carbonyl (C=O) groups excluding carboxylic acids is 2. The molecule has 128 valence electrons. The van der Waals surface area contributed by atoms with Crippen LogP contribution in [0.1, 0.15) is 22.7 Å². The number of aryl methyl sites for hydroxylation is 1. The second-order valence-electron chi connectivity index (χ2n) is 5.99. The van der Waals surface area contributed by atoms with Crippen molar-refractivity contribution in [1.82, 2.24) is 4.90 Å². The number of β-amino-alcohol motifs (C(OH)–C–C–N with tert-alkyl or cyclic N) is 1. The molecule has 1 amide bonds. The van der Waals surface area contributed by atoms with Gasteiger partial charge in [0.1, 0.15) is 5.76 Å². The van der Waals surface area contributed by atoms with Crippen molar-refractivity contribution in [3.05, 3.63) is 76.9 Å². The van der Waals surface area contributed by atoms with Crippen molar-refractivity contribution in [2.24, 2.45) is 0 Å². The Bertz CT molecular complexity index is 825. The van der Waals surface area contributed by atoms with Gasteiger partial charge in [0.15, 0.2) is 0 Å². The standard InChI is InChI=1S/C20H19NO4/c1-13-7-9-14(10-8-13)17-16(18(23)15-5-3-2-4-6-15)19(24)20(25)21(17)11-12-22/h2-10,17,22-23H,11-12H2,1H3/t17-/m1/s1. The Morgan fingerprint density at radius 2 is 1.68 bits per heavy atom. The first-order chi connectivity index (χ1) is 12.0. The summed E-state index contributed by atoms with van der Waals surface area (Å²) in [5, 5.41) is 20.0. The molecule has 5 nitrogen and oxygen atoms in total. The van der Waals surface area contributed by atoms with Gasteiger partial charge in [-0.25, -0.2) is 0 Å². The zero-order valence-corrected chi connectivity index (χ0v) is 13.8. The van der Waals surface area contributed by atoms with Crippen molar-refractivity contribution in [3.63, 3.8) is 0 Å². The molecule has 0 radical (unpaired) electrons. The summed E-state index contributed by atoms with van der Waals surface area (Å²) >= 11 is 0. The summed E-state index contributed by atoms with van der Waals surface area (Å²) in [5.41, 5.74) is 2.29. The number of carbonyl (C=O) groups is 2. The van der Waals surface area contributed by atoms with E-state index >= 15 is 0 Å². The summed E-state index contributed by atoms with van der Waals surface area (Å²) in [6, 6.07) is 15.4. The number of Topliss-reactive ketones (excluding diaryl/α,β-unsaturated/α-hetero) is 1. The Morgan fingerprint density at radius 3 is 2.28 bits per heavy atom. The molecule has 2 aromatic rings. The van der Waals surface area contributed by atoms with E-state index in [0.717, 1.165) is 11.1 Å². The van der Waals surface area contributed by atoms with E-state index in [2.05, 4.69) is 0 Å². The molecule has 1 atom stereocenters. The zero-order valence-electron chi connectivity index (χ0n) is 13.8. The van der Waals surface area contributed by atoms with Gasteiger partial charge in [-0.2, -0.15) is 0 Å². The molecule has 0 aliphatic carbocycles. The molecule has 2 N–H and O–H groups in total. The summed E-state index contributed by atoms with van der Waals surface area (Å²) < 4.78 is 0. The van der Waals surface area contributed by atoms with Crippen LogP contribution in [0.5, 0.6) is 0 Å². The number of aliphatic hydroxyl groups excluding tert-OH is 2. The van der Waals surface area contributed by atoms with Crippen molar-refractivity contribution in [1.29, 1.82) is 0 Å². The van der Waals surface area contributed by atoms with Gasteiger partial charge in [0.2, 0.25) is 0 Å². The fraction of sp³-hybridized carbons (Fsp3) is 0.200. The van der Waals surface area contributed by atoms with E-state index in [1.165, 1.54) is 4.90 Å². The number of nitrogens with zero attached hydrogens (tertiary/aromatic N) is 1. The molecule has 2 aromatic carbocycles. The highest BCUT2D eigenvalue weighted by molar-refractivity contribution is 6.46. The third-order valence-electron chi connectivity index (χ3n) is 4.32. The largest absolute Gasteiger partial charge is 0.507 e. The molecule has 0 bridgehead atoms. The number of likely N-dealkylation sites (tertiary alicyclic amines) is 1. The van der Waals surface area contributed by atoms with E-state index in [1.54, 1.807) is 30.3 Å². The Kier molecular flexibility index (Phi) is 4.67. The Balaban J connectivity index is 2.18. The van der Waals surface area contributed by atoms with Crippen molar-refractivity contribution >= 4 is 17.4 Å². The topological polar surface area (TPSA) is 77.8 Å². The highest BCUT2D eigenvalue weighted by Crippen LogP contribution is 2.39. The first kappa shape index (κ1) is 16.9. The van der Waals surface area contributed by atoms with Crippen LogP contribution in [-0.2, 0) is 9.59 Å². The van der Waals surface area contributed by atoms with Crippen LogP contribution in [0.2, 0.25) is 0 Å². The van der Waals surface area contributed by atoms with Gasteiger partial charge in [0, 0.05) is 12.1 Å². The normalized spacial score (nSPS) is 19.4. The van der Waals surface area contributed by atoms with Crippen LogP contribution in [0.15, 0.2) is 60.2 Å². The van der Waals surface area contributed by atoms with Gasteiger partial charge in [-0.1, -0.05) is 60.2 Å². The molecule has 3 rings (SSSR count). The fourth-order valence-electron chi connectivity index (χ4n) is 3.07. The molecule has 0 saturated carbocycles. The number of ketones is 1. The van der Waals surface area contributed by atoms with E-state index in [9.17, 15) is 19.8 Å². The molecule has 0 aromatic heterocycles. The second kappa shape index (κ2) is 6.91. The Hall–Kier alpha value is -2.92. The number of hydrogen-bond acceptors (Lipinski definition) is 4. The Labute approximate surface area is 145 Å². The van der Waals surface area contributed by atoms with Crippen molar-refractivity contribution < 1.29 is 19.8 Å². The van der Waals surface area contributed by atoms with Gasteiger partial charge < -0.3 is 15.1 Å². The maximum atomic E-state index is 12.6. The molecule has 1 saturated heterocycles. The highest BCUT2D eigenvalue weighted by Gasteiger charge is 2.45. The van der Waals surface area contributed by atoms with E-state index in [1.807, 2.05) is 31.2 Å². The maximum Gasteiger partial charge on any atom is 0.295 e. The minimum Gasteiger partial charge on any atom is -0.507 e. The van der Waals surface area contributed by atoms with Crippen LogP contribution in [-0.4, -0.2) is 40.0 Å². The summed E-state index contributed by atoms with van der Waals surface area (Å²) in [5.74, 6) is -1.65. The number of hydrogen-bond donors (Lipinski definition) is 2. The van der Waals surface area contributed by atoms with Crippen molar-refractivity contribution in [2.45, 2.75) is 13.0 Å². The number of amides is 1. The molecule has 1 fully saturated rings. The van der Waals surface area contributed by atoms with Crippen LogP contribution >= 0.6 is 0 Å². The summed E-state index contributed by atoms with van der Waals surface area (Å²) in [4.78, 5) is 26.3. The molecular formula is C20H19NO4. The zero-order chi connectivity index (χ0) is 18.0. The SMILES string of the molecule is Cc1ccc([C@@H]2C(=C(O)c3ccccc3)C(=O)C(=O)N2CCO)cc1. The molecule has 0 unspecified atom stereocenters. The van der Waals surface area contributed by atoms with Crippen LogP contribution in [0.25, 0.3) is 5.76 Å². The van der Waals surface area contributed by atoms with Crippen molar-refractivity contribution in [2.75, 3.05) is 13.2 Å². The summed E-state index contributed by atoms with van der Waals surface area (Å²) in [7, 11) is 0. The average molecular weight is 337 g/mol. The third-order valence-corrected chi connectivity index (χ3v) is 4.32. The van der Waals surface area contributed by atoms with Gasteiger partial charge in [-0.15, -0.1) is 0 Å². The van der Waals surface area contributed by atoms with Crippen LogP contribution < -0.4 is 0 Å². The van der Waals surface area contributed by atoms with Gasteiger partial charge >= 0.3 is 0 Å². The van der Waals surface area contributed by atoms with Gasteiger partial charge in [0.05, 0.1) is 18.2 Å².